The minimum Gasteiger partial charge on any atom is -0.376 e. The average molecular weight is 330 g/mol. The molecule has 2 aromatic heterocycles. The van der Waals surface area contributed by atoms with Gasteiger partial charge in [-0.3, -0.25) is 0 Å². The molecule has 1 aliphatic heterocycles. The Morgan fingerprint density at radius 1 is 1.26 bits per heavy atom. The number of hydrogen-bond acceptors (Lipinski definition) is 5. The highest BCUT2D eigenvalue weighted by Gasteiger charge is 2.18. The number of imidazole rings is 1. The molecule has 1 fully saturated rings. The van der Waals surface area contributed by atoms with Crippen molar-refractivity contribution < 1.29 is 4.74 Å². The Kier molecular flexibility index (Phi) is 3.85. The largest absolute Gasteiger partial charge is 0.376 e. The minimum atomic E-state index is 0.238. The van der Waals surface area contributed by atoms with Crippen LogP contribution in [-0.2, 0) is 11.3 Å². The van der Waals surface area contributed by atoms with E-state index < -0.39 is 0 Å². The summed E-state index contributed by atoms with van der Waals surface area (Å²) < 4.78 is 7.71. The summed E-state index contributed by atoms with van der Waals surface area (Å²) in [4.78, 5) is 13.1. The number of halogens is 1. The molecule has 0 aliphatic carbocycles. The zero-order valence-electron chi connectivity index (χ0n) is 12.4. The number of aromatic nitrogens is 4. The maximum absolute atomic E-state index is 6.20. The van der Waals surface area contributed by atoms with Crippen molar-refractivity contribution >= 4 is 34.3 Å². The highest BCUT2D eigenvalue weighted by molar-refractivity contribution is 6.33. The van der Waals surface area contributed by atoms with Crippen LogP contribution in [0.5, 0.6) is 0 Å². The molecule has 1 N–H and O–H groups in total. The van der Waals surface area contributed by atoms with Gasteiger partial charge in [0.2, 0.25) is 0 Å². The SMILES string of the molecule is Clc1ccccc1Nc1ncnc2c1ncn2CC1CCCO1. The molecule has 7 heteroatoms. The Hall–Kier alpha value is -2.18. The van der Waals surface area contributed by atoms with Crippen LogP contribution in [0.3, 0.4) is 0 Å². The van der Waals surface area contributed by atoms with Crippen molar-refractivity contribution in [2.24, 2.45) is 0 Å². The van der Waals surface area contributed by atoms with E-state index in [1.54, 1.807) is 6.33 Å². The Morgan fingerprint density at radius 2 is 2.17 bits per heavy atom. The van der Waals surface area contributed by atoms with Gasteiger partial charge in [0.15, 0.2) is 17.0 Å². The molecule has 0 spiro atoms. The molecule has 0 amide bonds. The van der Waals surface area contributed by atoms with E-state index in [4.69, 9.17) is 16.3 Å². The Morgan fingerprint density at radius 3 is 3.00 bits per heavy atom. The molecule has 6 nitrogen and oxygen atoms in total. The van der Waals surface area contributed by atoms with Gasteiger partial charge in [-0.25, -0.2) is 15.0 Å². The van der Waals surface area contributed by atoms with Crippen LogP contribution in [0.4, 0.5) is 11.5 Å². The predicted molar refractivity (Wildman–Crippen MR) is 89.0 cm³/mol. The number of anilines is 2. The van der Waals surface area contributed by atoms with E-state index in [-0.39, 0.29) is 6.10 Å². The Balaban J connectivity index is 1.66. The first-order chi connectivity index (χ1) is 11.3. The first kappa shape index (κ1) is 14.4. The molecule has 0 bridgehead atoms. The normalized spacial score (nSPS) is 17.7. The average Bonchev–Trinajstić information content (AvgIpc) is 3.21. The van der Waals surface area contributed by atoms with Gasteiger partial charge in [0, 0.05) is 6.61 Å². The van der Waals surface area contributed by atoms with E-state index in [0.717, 1.165) is 42.8 Å². The van der Waals surface area contributed by atoms with Gasteiger partial charge in [-0.1, -0.05) is 23.7 Å². The molecule has 4 rings (SSSR count). The maximum atomic E-state index is 6.20. The Bertz CT molecular complexity index is 828. The van der Waals surface area contributed by atoms with E-state index in [1.165, 1.54) is 6.33 Å². The first-order valence-corrected chi connectivity index (χ1v) is 7.98. The van der Waals surface area contributed by atoms with Gasteiger partial charge in [0.1, 0.15) is 6.33 Å². The molecule has 1 atom stereocenters. The lowest BCUT2D eigenvalue weighted by molar-refractivity contribution is 0.0978. The summed E-state index contributed by atoms with van der Waals surface area (Å²) in [6, 6.07) is 7.54. The standard InChI is InChI=1S/C16H16ClN5O/c17-12-5-1-2-6-13(12)21-15-14-16(19-9-18-15)22(10-20-14)8-11-4-3-7-23-11/h1-2,5-6,9-11H,3-4,7-8H2,(H,18,19,21). The first-order valence-electron chi connectivity index (χ1n) is 7.60. The predicted octanol–water partition coefficient (Wildman–Crippen LogP) is 3.40. The number of fused-ring (bicyclic) bond motifs is 1. The van der Waals surface area contributed by atoms with Crippen molar-refractivity contribution in [2.45, 2.75) is 25.5 Å². The van der Waals surface area contributed by atoms with Gasteiger partial charge in [0.25, 0.3) is 0 Å². The molecule has 1 aliphatic rings. The molecular formula is C16H16ClN5O. The summed E-state index contributed by atoms with van der Waals surface area (Å²) in [6.07, 6.45) is 5.76. The van der Waals surface area contributed by atoms with Gasteiger partial charge >= 0.3 is 0 Å². The molecule has 1 unspecified atom stereocenters. The van der Waals surface area contributed by atoms with Crippen molar-refractivity contribution in [3.05, 3.63) is 41.9 Å². The lowest BCUT2D eigenvalue weighted by Crippen LogP contribution is -2.14. The van der Waals surface area contributed by atoms with Crippen molar-refractivity contribution in [1.29, 1.82) is 0 Å². The van der Waals surface area contributed by atoms with Crippen LogP contribution in [0.15, 0.2) is 36.9 Å². The molecule has 118 valence electrons. The smallest absolute Gasteiger partial charge is 0.165 e. The van der Waals surface area contributed by atoms with E-state index in [1.807, 2.05) is 28.8 Å². The maximum Gasteiger partial charge on any atom is 0.165 e. The summed E-state index contributed by atoms with van der Waals surface area (Å²) >= 11 is 6.20. The summed E-state index contributed by atoms with van der Waals surface area (Å²) in [5, 5.41) is 3.87. The van der Waals surface area contributed by atoms with Crippen molar-refractivity contribution in [3.8, 4) is 0 Å². The lowest BCUT2D eigenvalue weighted by atomic mass is 10.2. The molecule has 0 radical (unpaired) electrons. The fourth-order valence-electron chi connectivity index (χ4n) is 2.80. The molecule has 1 saturated heterocycles. The number of benzene rings is 1. The van der Waals surface area contributed by atoms with Crippen LogP contribution in [0.1, 0.15) is 12.8 Å². The third kappa shape index (κ3) is 2.87. The minimum absolute atomic E-state index is 0.238. The van der Waals surface area contributed by atoms with E-state index in [2.05, 4.69) is 20.3 Å². The second-order valence-electron chi connectivity index (χ2n) is 5.53. The summed E-state index contributed by atoms with van der Waals surface area (Å²) in [6.45, 7) is 1.60. The third-order valence-corrected chi connectivity index (χ3v) is 4.28. The Labute approximate surface area is 138 Å². The second-order valence-corrected chi connectivity index (χ2v) is 5.94. The number of nitrogens with zero attached hydrogens (tertiary/aromatic N) is 4. The monoisotopic (exact) mass is 329 g/mol. The number of para-hydroxylation sites is 1. The number of nitrogens with one attached hydrogen (secondary N) is 1. The van der Waals surface area contributed by atoms with Crippen LogP contribution in [-0.4, -0.2) is 32.2 Å². The van der Waals surface area contributed by atoms with Crippen molar-refractivity contribution in [3.63, 3.8) is 0 Å². The highest BCUT2D eigenvalue weighted by atomic mass is 35.5. The quantitative estimate of drug-likeness (QED) is 0.794. The number of ether oxygens (including phenoxy) is 1. The fraction of sp³-hybridized carbons (Fsp3) is 0.312. The van der Waals surface area contributed by atoms with Gasteiger partial charge in [-0.05, 0) is 25.0 Å². The van der Waals surface area contributed by atoms with Crippen LogP contribution >= 0.6 is 11.6 Å². The van der Waals surface area contributed by atoms with Gasteiger partial charge in [0.05, 0.1) is 29.7 Å². The molecule has 1 aromatic carbocycles. The van der Waals surface area contributed by atoms with Crippen LogP contribution < -0.4 is 5.32 Å². The fourth-order valence-corrected chi connectivity index (χ4v) is 2.99. The van der Waals surface area contributed by atoms with Crippen molar-refractivity contribution in [1.82, 2.24) is 19.5 Å². The molecule has 0 saturated carbocycles. The van der Waals surface area contributed by atoms with Crippen molar-refractivity contribution in [2.75, 3.05) is 11.9 Å². The van der Waals surface area contributed by atoms with Crippen LogP contribution in [0, 0.1) is 0 Å². The molecule has 23 heavy (non-hydrogen) atoms. The van der Waals surface area contributed by atoms with Gasteiger partial charge < -0.3 is 14.6 Å². The van der Waals surface area contributed by atoms with Gasteiger partial charge in [-0.2, -0.15) is 0 Å². The molecule has 3 aromatic rings. The van der Waals surface area contributed by atoms with E-state index in [9.17, 15) is 0 Å². The zero-order chi connectivity index (χ0) is 15.6. The lowest BCUT2D eigenvalue weighted by Gasteiger charge is -2.11. The zero-order valence-corrected chi connectivity index (χ0v) is 13.2. The van der Waals surface area contributed by atoms with E-state index >= 15 is 0 Å². The van der Waals surface area contributed by atoms with E-state index in [0.29, 0.717) is 10.8 Å². The van der Waals surface area contributed by atoms with Crippen LogP contribution in [0.2, 0.25) is 5.02 Å². The molecular weight excluding hydrogens is 314 g/mol. The summed E-state index contributed by atoms with van der Waals surface area (Å²) in [5.41, 5.74) is 2.32. The summed E-state index contributed by atoms with van der Waals surface area (Å²) in [7, 11) is 0. The van der Waals surface area contributed by atoms with Crippen LogP contribution in [0.25, 0.3) is 11.2 Å². The number of hydrogen-bond donors (Lipinski definition) is 1. The number of rotatable bonds is 4. The topological polar surface area (TPSA) is 64.9 Å². The third-order valence-electron chi connectivity index (χ3n) is 3.95. The summed E-state index contributed by atoms with van der Waals surface area (Å²) in [5.74, 6) is 0.647. The second kappa shape index (κ2) is 6.14. The highest BCUT2D eigenvalue weighted by Crippen LogP contribution is 2.27. The molecule has 3 heterocycles. The van der Waals surface area contributed by atoms with Gasteiger partial charge in [-0.15, -0.1) is 0 Å².